The van der Waals surface area contributed by atoms with E-state index >= 15 is 0 Å². The molecular weight excluding hydrogens is 384 g/mol. The Balaban J connectivity index is 1.57. The molecule has 1 aromatic heterocycles. The number of thioether (sulfide) groups is 1. The minimum atomic E-state index is -0.0815. The van der Waals surface area contributed by atoms with Crippen LogP contribution >= 0.6 is 23.4 Å². The van der Waals surface area contributed by atoms with Crippen molar-refractivity contribution in [1.29, 1.82) is 0 Å². The van der Waals surface area contributed by atoms with Crippen molar-refractivity contribution in [2.45, 2.75) is 11.7 Å². The Morgan fingerprint density at radius 2 is 1.93 bits per heavy atom. The van der Waals surface area contributed by atoms with Gasteiger partial charge in [-0.1, -0.05) is 41.6 Å². The highest BCUT2D eigenvalue weighted by atomic mass is 35.5. The Bertz CT molecular complexity index is 928. The molecule has 0 radical (unpaired) electrons. The average molecular weight is 403 g/mol. The monoisotopic (exact) mass is 402 g/mol. The Morgan fingerprint density at radius 1 is 1.19 bits per heavy atom. The Morgan fingerprint density at radius 3 is 2.67 bits per heavy atom. The molecular formula is C19H19ClN4O2S. The van der Waals surface area contributed by atoms with Gasteiger partial charge in [0, 0.05) is 29.7 Å². The molecule has 1 amide bonds. The molecule has 0 unspecified atom stereocenters. The number of aromatic nitrogens is 3. The lowest BCUT2D eigenvalue weighted by Crippen LogP contribution is -2.25. The highest BCUT2D eigenvalue weighted by molar-refractivity contribution is 7.99. The lowest BCUT2D eigenvalue weighted by molar-refractivity contribution is -0.118. The summed E-state index contributed by atoms with van der Waals surface area (Å²) < 4.78 is 7.15. The van der Waals surface area contributed by atoms with Crippen molar-refractivity contribution in [3.05, 3.63) is 59.1 Å². The molecule has 0 atom stereocenters. The van der Waals surface area contributed by atoms with Gasteiger partial charge in [-0.15, -0.1) is 10.2 Å². The van der Waals surface area contributed by atoms with E-state index in [-0.39, 0.29) is 11.7 Å². The molecule has 0 aliphatic carbocycles. The zero-order valence-corrected chi connectivity index (χ0v) is 16.5. The molecule has 8 heteroatoms. The second kappa shape index (κ2) is 8.92. The lowest BCUT2D eigenvalue weighted by Gasteiger charge is -2.09. The van der Waals surface area contributed by atoms with Crippen molar-refractivity contribution >= 4 is 29.3 Å². The van der Waals surface area contributed by atoms with Gasteiger partial charge in [0.05, 0.1) is 12.9 Å². The van der Waals surface area contributed by atoms with Crippen LogP contribution in [0, 0.1) is 0 Å². The van der Waals surface area contributed by atoms with Gasteiger partial charge in [0.15, 0.2) is 11.0 Å². The minimum absolute atomic E-state index is 0.0815. The van der Waals surface area contributed by atoms with Gasteiger partial charge in [-0.25, -0.2) is 0 Å². The van der Waals surface area contributed by atoms with Crippen LogP contribution in [0.25, 0.3) is 11.4 Å². The number of para-hydroxylation sites is 1. The largest absolute Gasteiger partial charge is 0.496 e. The number of nitrogens with zero attached hydrogens (tertiary/aromatic N) is 3. The summed E-state index contributed by atoms with van der Waals surface area (Å²) in [6.45, 7) is 0.415. The maximum atomic E-state index is 12.2. The first-order valence-corrected chi connectivity index (χ1v) is 9.61. The molecule has 6 nitrogen and oxygen atoms in total. The fourth-order valence-electron chi connectivity index (χ4n) is 2.51. The van der Waals surface area contributed by atoms with Crippen LogP contribution in [-0.4, -0.2) is 33.5 Å². The second-order valence-corrected chi connectivity index (χ2v) is 7.13. The smallest absolute Gasteiger partial charge is 0.230 e. The molecule has 3 rings (SSSR count). The number of nitrogens with one attached hydrogen (secondary N) is 1. The summed E-state index contributed by atoms with van der Waals surface area (Å²) in [5.41, 5.74) is 1.85. The number of carbonyl (C=O) groups excluding carboxylic acids is 1. The minimum Gasteiger partial charge on any atom is -0.496 e. The maximum absolute atomic E-state index is 12.2. The Hall–Kier alpha value is -2.51. The van der Waals surface area contributed by atoms with Crippen molar-refractivity contribution in [3.63, 3.8) is 0 Å². The van der Waals surface area contributed by atoms with E-state index in [1.54, 1.807) is 7.11 Å². The Kier molecular flexibility index (Phi) is 6.36. The molecule has 1 heterocycles. The molecule has 0 fully saturated rings. The van der Waals surface area contributed by atoms with E-state index < -0.39 is 0 Å². The predicted octanol–water partition coefficient (Wildman–Crippen LogP) is 3.55. The standard InChI is InChI=1S/C19H19ClN4O2S/c1-24-18(13-7-9-15(20)10-8-13)22-23-19(24)27-12-17(25)21-11-14-5-3-4-6-16(14)26-2/h3-10H,11-12H2,1-2H3,(H,21,25). The average Bonchev–Trinajstić information content (AvgIpc) is 3.06. The van der Waals surface area contributed by atoms with Crippen LogP contribution in [0.1, 0.15) is 5.56 Å². The first-order chi connectivity index (χ1) is 13.1. The predicted molar refractivity (Wildman–Crippen MR) is 107 cm³/mol. The number of hydrogen-bond acceptors (Lipinski definition) is 5. The van der Waals surface area contributed by atoms with Crippen molar-refractivity contribution in [3.8, 4) is 17.1 Å². The number of ether oxygens (including phenoxy) is 1. The van der Waals surface area contributed by atoms with E-state index in [4.69, 9.17) is 16.3 Å². The molecule has 0 aliphatic rings. The van der Waals surface area contributed by atoms with Gasteiger partial charge in [0.1, 0.15) is 5.75 Å². The fraction of sp³-hybridized carbons (Fsp3) is 0.211. The number of halogens is 1. The van der Waals surface area contributed by atoms with Gasteiger partial charge in [-0.3, -0.25) is 4.79 Å². The number of amides is 1. The van der Waals surface area contributed by atoms with E-state index in [9.17, 15) is 4.79 Å². The van der Waals surface area contributed by atoms with Gasteiger partial charge in [-0.05, 0) is 30.3 Å². The zero-order valence-electron chi connectivity index (χ0n) is 15.0. The normalized spacial score (nSPS) is 10.6. The van der Waals surface area contributed by atoms with Crippen molar-refractivity contribution in [2.75, 3.05) is 12.9 Å². The van der Waals surface area contributed by atoms with E-state index in [1.807, 2.05) is 60.1 Å². The summed E-state index contributed by atoms with van der Waals surface area (Å²) in [5.74, 6) is 1.65. The van der Waals surface area contributed by atoms with Crippen LogP contribution in [0.5, 0.6) is 5.75 Å². The quantitative estimate of drug-likeness (QED) is 0.612. The molecule has 2 aromatic carbocycles. The maximum Gasteiger partial charge on any atom is 0.230 e. The van der Waals surface area contributed by atoms with Crippen molar-refractivity contribution in [1.82, 2.24) is 20.1 Å². The second-order valence-electron chi connectivity index (χ2n) is 5.75. The van der Waals surface area contributed by atoms with Gasteiger partial charge in [-0.2, -0.15) is 0 Å². The van der Waals surface area contributed by atoms with Crippen LogP contribution in [0.2, 0.25) is 5.02 Å². The van der Waals surface area contributed by atoms with Crippen LogP contribution in [0.3, 0.4) is 0 Å². The third-order valence-corrected chi connectivity index (χ3v) is 5.21. The van der Waals surface area contributed by atoms with E-state index in [2.05, 4.69) is 15.5 Å². The molecule has 3 aromatic rings. The topological polar surface area (TPSA) is 69.0 Å². The van der Waals surface area contributed by atoms with Crippen LogP contribution in [-0.2, 0) is 18.4 Å². The van der Waals surface area contributed by atoms with Crippen LogP contribution in [0.4, 0.5) is 0 Å². The lowest BCUT2D eigenvalue weighted by atomic mass is 10.2. The molecule has 27 heavy (non-hydrogen) atoms. The highest BCUT2D eigenvalue weighted by Gasteiger charge is 2.13. The number of benzene rings is 2. The molecule has 0 spiro atoms. The SMILES string of the molecule is COc1ccccc1CNC(=O)CSc1nnc(-c2ccc(Cl)cc2)n1C. The molecule has 140 valence electrons. The summed E-state index contributed by atoms with van der Waals surface area (Å²) >= 11 is 7.26. The van der Waals surface area contributed by atoms with Crippen LogP contribution < -0.4 is 10.1 Å². The number of carbonyl (C=O) groups is 1. The molecule has 0 saturated heterocycles. The fourth-order valence-corrected chi connectivity index (χ4v) is 3.38. The first kappa shape index (κ1) is 19.3. The third kappa shape index (κ3) is 4.81. The van der Waals surface area contributed by atoms with Gasteiger partial charge >= 0.3 is 0 Å². The van der Waals surface area contributed by atoms with Crippen LogP contribution in [0.15, 0.2) is 53.7 Å². The summed E-state index contributed by atoms with van der Waals surface area (Å²) in [4.78, 5) is 12.2. The van der Waals surface area contributed by atoms with Gasteiger partial charge in [0.2, 0.25) is 5.91 Å². The first-order valence-electron chi connectivity index (χ1n) is 8.25. The van der Waals surface area contributed by atoms with E-state index in [1.165, 1.54) is 11.8 Å². The summed E-state index contributed by atoms with van der Waals surface area (Å²) in [6.07, 6.45) is 0. The van der Waals surface area contributed by atoms with Gasteiger partial charge < -0.3 is 14.6 Å². The van der Waals surface area contributed by atoms with Gasteiger partial charge in [0.25, 0.3) is 0 Å². The molecule has 0 bridgehead atoms. The van der Waals surface area contributed by atoms with E-state index in [0.29, 0.717) is 16.7 Å². The molecule has 0 saturated carbocycles. The molecule has 0 aliphatic heterocycles. The highest BCUT2D eigenvalue weighted by Crippen LogP contribution is 2.24. The van der Waals surface area contributed by atoms with Crippen molar-refractivity contribution in [2.24, 2.45) is 7.05 Å². The Labute approximate surface area is 166 Å². The summed E-state index contributed by atoms with van der Waals surface area (Å²) in [7, 11) is 3.49. The molecule has 1 N–H and O–H groups in total. The van der Waals surface area contributed by atoms with Crippen molar-refractivity contribution < 1.29 is 9.53 Å². The summed E-state index contributed by atoms with van der Waals surface area (Å²) in [6, 6.07) is 15.0. The number of rotatable bonds is 7. The number of methoxy groups -OCH3 is 1. The third-order valence-electron chi connectivity index (χ3n) is 3.94. The number of hydrogen-bond donors (Lipinski definition) is 1. The zero-order chi connectivity index (χ0) is 19.2. The summed E-state index contributed by atoms with van der Waals surface area (Å²) in [5, 5.41) is 12.6. The van der Waals surface area contributed by atoms with E-state index in [0.717, 1.165) is 22.7 Å².